The average molecular weight is 420 g/mol. The molecule has 29 heavy (non-hydrogen) atoms. The highest BCUT2D eigenvalue weighted by atomic mass is 32.2. The molecule has 0 heterocycles. The lowest BCUT2D eigenvalue weighted by molar-refractivity contribution is -0.138. The molecule has 4 nitrogen and oxygen atoms in total. The van der Waals surface area contributed by atoms with Crippen LogP contribution < -0.4 is 0 Å². The van der Waals surface area contributed by atoms with Crippen molar-refractivity contribution in [1.29, 1.82) is 0 Å². The van der Waals surface area contributed by atoms with Crippen LogP contribution in [0.2, 0.25) is 0 Å². The zero-order chi connectivity index (χ0) is 21.3. The number of ketones is 1. The zero-order valence-electron chi connectivity index (χ0n) is 15.1. The van der Waals surface area contributed by atoms with Gasteiger partial charge in [-0.1, -0.05) is 12.1 Å². The van der Waals surface area contributed by atoms with Crippen molar-refractivity contribution in [2.45, 2.75) is 17.5 Å². The van der Waals surface area contributed by atoms with Gasteiger partial charge in [0.15, 0.2) is 5.78 Å². The van der Waals surface area contributed by atoms with Crippen LogP contribution in [0.5, 0.6) is 0 Å². The lowest BCUT2D eigenvalue weighted by Crippen LogP contribution is -2.08. The van der Waals surface area contributed by atoms with Crippen molar-refractivity contribution in [3.63, 3.8) is 0 Å². The van der Waals surface area contributed by atoms with E-state index in [-0.39, 0.29) is 22.9 Å². The highest BCUT2D eigenvalue weighted by Crippen LogP contribution is 2.33. The number of carboxylic acid groups (broad SMARTS) is 1. The SMILES string of the molecule is CS(=O)c1ccc(C(=O)c2cc(CC(=O)O)cc3ccc(C(F)(F)F)cc23)cc1. The van der Waals surface area contributed by atoms with Crippen molar-refractivity contribution >= 4 is 33.3 Å². The van der Waals surface area contributed by atoms with Crippen LogP contribution in [0.25, 0.3) is 10.8 Å². The van der Waals surface area contributed by atoms with E-state index in [1.807, 2.05) is 0 Å². The van der Waals surface area contributed by atoms with Crippen LogP contribution in [-0.2, 0) is 28.2 Å². The van der Waals surface area contributed by atoms with E-state index < -0.39 is 34.3 Å². The van der Waals surface area contributed by atoms with E-state index in [0.717, 1.165) is 12.1 Å². The van der Waals surface area contributed by atoms with Gasteiger partial charge in [-0.3, -0.25) is 13.8 Å². The molecule has 1 N–H and O–H groups in total. The number of carbonyl (C=O) groups excluding carboxylic acids is 1. The van der Waals surface area contributed by atoms with Crippen molar-refractivity contribution in [3.05, 3.63) is 76.9 Å². The molecule has 0 amide bonds. The number of halogens is 3. The van der Waals surface area contributed by atoms with Crippen LogP contribution in [0.3, 0.4) is 0 Å². The predicted octanol–water partition coefficient (Wildman–Crippen LogP) is 4.45. The molecule has 1 atom stereocenters. The van der Waals surface area contributed by atoms with Crippen LogP contribution >= 0.6 is 0 Å². The minimum Gasteiger partial charge on any atom is -0.481 e. The average Bonchev–Trinajstić information content (AvgIpc) is 2.65. The topological polar surface area (TPSA) is 71.4 Å². The Morgan fingerprint density at radius 2 is 1.66 bits per heavy atom. The Labute approximate surface area is 166 Å². The first-order valence-electron chi connectivity index (χ1n) is 8.40. The summed E-state index contributed by atoms with van der Waals surface area (Å²) in [6.45, 7) is 0. The molecule has 0 fully saturated rings. The van der Waals surface area contributed by atoms with Gasteiger partial charge in [0.05, 0.1) is 12.0 Å². The lowest BCUT2D eigenvalue weighted by atomic mass is 9.93. The summed E-state index contributed by atoms with van der Waals surface area (Å²) in [5.41, 5.74) is -0.415. The summed E-state index contributed by atoms with van der Waals surface area (Å²) in [6, 6.07) is 11.7. The molecule has 3 rings (SSSR count). The second kappa shape index (κ2) is 7.79. The van der Waals surface area contributed by atoms with Gasteiger partial charge >= 0.3 is 12.1 Å². The fraction of sp³-hybridized carbons (Fsp3) is 0.143. The summed E-state index contributed by atoms with van der Waals surface area (Å²) in [6.07, 6.45) is -3.47. The van der Waals surface area contributed by atoms with Crippen molar-refractivity contribution in [2.24, 2.45) is 0 Å². The maximum absolute atomic E-state index is 13.2. The van der Waals surface area contributed by atoms with E-state index in [9.17, 15) is 27.0 Å². The monoisotopic (exact) mass is 420 g/mol. The largest absolute Gasteiger partial charge is 0.481 e. The molecule has 0 bridgehead atoms. The van der Waals surface area contributed by atoms with Crippen molar-refractivity contribution in [3.8, 4) is 0 Å². The quantitative estimate of drug-likeness (QED) is 0.619. The molecule has 1 unspecified atom stereocenters. The molecule has 150 valence electrons. The van der Waals surface area contributed by atoms with Crippen molar-refractivity contribution < 1.29 is 32.1 Å². The number of carbonyl (C=O) groups is 2. The molecule has 0 aliphatic carbocycles. The van der Waals surface area contributed by atoms with E-state index >= 15 is 0 Å². The van der Waals surface area contributed by atoms with E-state index in [0.29, 0.717) is 15.8 Å². The summed E-state index contributed by atoms with van der Waals surface area (Å²) < 4.78 is 51.0. The minimum atomic E-state index is -4.58. The van der Waals surface area contributed by atoms with E-state index in [1.54, 1.807) is 0 Å². The normalized spacial score (nSPS) is 12.7. The molecular formula is C21H15F3O4S. The fourth-order valence-electron chi connectivity index (χ4n) is 3.01. The van der Waals surface area contributed by atoms with Crippen molar-refractivity contribution in [2.75, 3.05) is 6.26 Å². The Morgan fingerprint density at radius 1 is 1.00 bits per heavy atom. The highest BCUT2D eigenvalue weighted by Gasteiger charge is 2.31. The highest BCUT2D eigenvalue weighted by molar-refractivity contribution is 7.84. The van der Waals surface area contributed by atoms with Gasteiger partial charge in [0.25, 0.3) is 0 Å². The van der Waals surface area contributed by atoms with Gasteiger partial charge in [0.2, 0.25) is 0 Å². The molecule has 3 aromatic rings. The Balaban J connectivity index is 2.19. The van der Waals surface area contributed by atoms with Gasteiger partial charge in [-0.25, -0.2) is 0 Å². The molecule has 0 radical (unpaired) electrons. The number of hydrogen-bond acceptors (Lipinski definition) is 3. The molecule has 0 saturated heterocycles. The minimum absolute atomic E-state index is 0.0183. The third kappa shape index (κ3) is 4.54. The molecule has 0 spiro atoms. The first kappa shape index (κ1) is 20.7. The Morgan fingerprint density at radius 3 is 2.21 bits per heavy atom. The predicted molar refractivity (Wildman–Crippen MR) is 102 cm³/mol. The molecular weight excluding hydrogens is 405 g/mol. The lowest BCUT2D eigenvalue weighted by Gasteiger charge is -2.13. The molecule has 0 aromatic heterocycles. The smallest absolute Gasteiger partial charge is 0.416 e. The van der Waals surface area contributed by atoms with Gasteiger partial charge < -0.3 is 5.11 Å². The number of rotatable bonds is 5. The summed E-state index contributed by atoms with van der Waals surface area (Å²) in [5, 5.41) is 9.48. The first-order chi connectivity index (χ1) is 13.6. The van der Waals surface area contributed by atoms with Gasteiger partial charge in [-0.15, -0.1) is 0 Å². The van der Waals surface area contributed by atoms with Gasteiger partial charge in [0, 0.05) is 33.1 Å². The van der Waals surface area contributed by atoms with E-state index in [1.165, 1.54) is 48.7 Å². The molecule has 0 aliphatic rings. The standard InChI is InChI=1S/C21H15F3O4S/c1-29(28)16-6-3-13(4-7-16)20(27)18-9-12(10-19(25)26)8-14-2-5-15(11-17(14)18)21(22,23)24/h2-9,11H,10H2,1H3,(H,25,26). The Bertz CT molecular complexity index is 1140. The molecule has 8 heteroatoms. The summed E-state index contributed by atoms with van der Waals surface area (Å²) >= 11 is 0. The number of fused-ring (bicyclic) bond motifs is 1. The number of benzene rings is 3. The van der Waals surface area contributed by atoms with Crippen LogP contribution in [-0.4, -0.2) is 27.3 Å². The second-order valence-electron chi connectivity index (χ2n) is 6.46. The third-order valence-electron chi connectivity index (χ3n) is 4.39. The Kier molecular flexibility index (Phi) is 5.57. The molecule has 0 aliphatic heterocycles. The van der Waals surface area contributed by atoms with Gasteiger partial charge in [-0.2, -0.15) is 13.2 Å². The first-order valence-corrected chi connectivity index (χ1v) is 9.96. The van der Waals surface area contributed by atoms with Crippen LogP contribution in [0, 0.1) is 0 Å². The Hall–Kier alpha value is -3.00. The number of carboxylic acids is 1. The van der Waals surface area contributed by atoms with Crippen LogP contribution in [0.4, 0.5) is 13.2 Å². The van der Waals surface area contributed by atoms with E-state index in [4.69, 9.17) is 5.11 Å². The van der Waals surface area contributed by atoms with Crippen LogP contribution in [0.1, 0.15) is 27.0 Å². The zero-order valence-corrected chi connectivity index (χ0v) is 15.9. The second-order valence-corrected chi connectivity index (χ2v) is 7.83. The molecule has 0 saturated carbocycles. The summed E-state index contributed by atoms with van der Waals surface area (Å²) in [4.78, 5) is 24.6. The molecule has 3 aromatic carbocycles. The number of hydrogen-bond donors (Lipinski definition) is 1. The maximum atomic E-state index is 13.2. The fourth-order valence-corrected chi connectivity index (χ4v) is 3.53. The summed E-state index contributed by atoms with van der Waals surface area (Å²) in [7, 11) is -1.24. The van der Waals surface area contributed by atoms with Crippen molar-refractivity contribution in [1.82, 2.24) is 0 Å². The summed E-state index contributed by atoms with van der Waals surface area (Å²) in [5.74, 6) is -1.67. The number of alkyl halides is 3. The maximum Gasteiger partial charge on any atom is 0.416 e. The van der Waals surface area contributed by atoms with E-state index in [2.05, 4.69) is 0 Å². The third-order valence-corrected chi connectivity index (χ3v) is 5.33. The number of aliphatic carboxylic acids is 1. The van der Waals surface area contributed by atoms with Gasteiger partial charge in [-0.05, 0) is 58.8 Å². The van der Waals surface area contributed by atoms with Gasteiger partial charge in [0.1, 0.15) is 0 Å². The van der Waals surface area contributed by atoms with Crippen LogP contribution in [0.15, 0.2) is 59.5 Å².